The lowest BCUT2D eigenvalue weighted by Gasteiger charge is -2.36. The molecule has 2 N–H and O–H groups in total. The Balaban J connectivity index is 1.94. The predicted octanol–water partition coefficient (Wildman–Crippen LogP) is 4.39. The lowest BCUT2D eigenvalue weighted by Crippen LogP contribution is -2.54. The highest BCUT2D eigenvalue weighted by Crippen LogP contribution is 2.36. The minimum atomic E-state index is -5.03. The zero-order chi connectivity index (χ0) is 23.0. The van der Waals surface area contributed by atoms with E-state index in [2.05, 4.69) is 5.32 Å². The van der Waals surface area contributed by atoms with Gasteiger partial charge in [-0.2, -0.15) is 26.3 Å². The summed E-state index contributed by atoms with van der Waals surface area (Å²) in [6.45, 7) is 2.50. The molecule has 3 rings (SSSR count). The van der Waals surface area contributed by atoms with E-state index in [1.54, 1.807) is 19.1 Å². The van der Waals surface area contributed by atoms with Crippen LogP contribution in [0.15, 0.2) is 36.4 Å². The van der Waals surface area contributed by atoms with Gasteiger partial charge in [0.25, 0.3) is 5.91 Å². The molecule has 0 bridgehead atoms. The molecule has 1 heterocycles. The van der Waals surface area contributed by atoms with Gasteiger partial charge in [0, 0.05) is 31.2 Å². The Morgan fingerprint density at radius 3 is 2.23 bits per heavy atom. The van der Waals surface area contributed by atoms with Crippen LogP contribution in [0.1, 0.15) is 32.6 Å². The van der Waals surface area contributed by atoms with Crippen molar-refractivity contribution in [2.75, 3.05) is 19.6 Å². The molecule has 0 spiro atoms. The summed E-state index contributed by atoms with van der Waals surface area (Å²) >= 11 is 0. The Hall–Kier alpha value is -2.75. The van der Waals surface area contributed by atoms with Crippen molar-refractivity contribution >= 4 is 5.91 Å². The van der Waals surface area contributed by atoms with Crippen molar-refractivity contribution in [3.63, 3.8) is 0 Å². The van der Waals surface area contributed by atoms with Crippen molar-refractivity contribution in [3.05, 3.63) is 64.2 Å². The Kier molecular flexibility index (Phi) is 6.22. The fourth-order valence-corrected chi connectivity index (χ4v) is 3.51. The lowest BCUT2D eigenvalue weighted by atomic mass is 9.99. The van der Waals surface area contributed by atoms with Crippen LogP contribution in [-0.4, -0.2) is 41.6 Å². The number of hydrogen-bond acceptors (Lipinski definition) is 3. The molecule has 4 nitrogen and oxygen atoms in total. The molecule has 31 heavy (non-hydrogen) atoms. The Morgan fingerprint density at radius 2 is 1.68 bits per heavy atom. The van der Waals surface area contributed by atoms with Gasteiger partial charge in [-0.05, 0) is 48.7 Å². The van der Waals surface area contributed by atoms with Gasteiger partial charge in [-0.15, -0.1) is 0 Å². The van der Waals surface area contributed by atoms with E-state index in [1.807, 2.05) is 0 Å². The van der Waals surface area contributed by atoms with Crippen LogP contribution in [-0.2, 0) is 18.8 Å². The first-order valence-electron chi connectivity index (χ1n) is 9.46. The second-order valence-corrected chi connectivity index (χ2v) is 7.48. The van der Waals surface area contributed by atoms with Crippen LogP contribution in [0.4, 0.5) is 26.3 Å². The Labute approximate surface area is 174 Å². The van der Waals surface area contributed by atoms with Crippen molar-refractivity contribution in [1.82, 2.24) is 10.2 Å². The topological polar surface area (TPSA) is 52.6 Å². The van der Waals surface area contributed by atoms with Crippen molar-refractivity contribution < 1.29 is 36.2 Å². The number of phenolic OH excluding ortho intramolecular Hbond substituents is 1. The fraction of sp³-hybridized carbons (Fsp3) is 0.381. The maximum absolute atomic E-state index is 13.2. The summed E-state index contributed by atoms with van der Waals surface area (Å²) < 4.78 is 78.9. The first-order chi connectivity index (χ1) is 14.4. The van der Waals surface area contributed by atoms with Gasteiger partial charge in [0.1, 0.15) is 5.75 Å². The van der Waals surface area contributed by atoms with Crippen LogP contribution in [0.5, 0.6) is 5.75 Å². The van der Waals surface area contributed by atoms with Crippen LogP contribution < -0.4 is 5.32 Å². The van der Waals surface area contributed by atoms with E-state index >= 15 is 0 Å². The van der Waals surface area contributed by atoms with Gasteiger partial charge >= 0.3 is 12.4 Å². The number of piperazine rings is 1. The number of aryl methyl sites for hydroxylation is 1. The molecular weight excluding hydrogens is 426 g/mol. The van der Waals surface area contributed by atoms with Gasteiger partial charge in [0.2, 0.25) is 0 Å². The summed E-state index contributed by atoms with van der Waals surface area (Å²) in [4.78, 5) is 14.3. The van der Waals surface area contributed by atoms with E-state index in [1.165, 1.54) is 11.0 Å². The quantitative estimate of drug-likeness (QED) is 0.688. The molecule has 168 valence electrons. The molecule has 2 aromatic rings. The smallest absolute Gasteiger partial charge is 0.416 e. The number of carbonyl (C=O) groups is 1. The summed E-state index contributed by atoms with van der Waals surface area (Å²) in [7, 11) is 0. The second kappa shape index (κ2) is 8.41. The highest BCUT2D eigenvalue weighted by Gasteiger charge is 2.38. The third-order valence-corrected chi connectivity index (χ3v) is 5.19. The Bertz CT molecular complexity index is 939. The molecule has 1 saturated heterocycles. The maximum atomic E-state index is 13.2. The number of nitrogens with zero attached hydrogens (tertiary/aromatic N) is 1. The molecule has 1 atom stereocenters. The first-order valence-corrected chi connectivity index (χ1v) is 9.46. The van der Waals surface area contributed by atoms with Gasteiger partial charge in [0.15, 0.2) is 0 Å². The lowest BCUT2D eigenvalue weighted by molar-refractivity contribution is -0.143. The molecule has 1 fully saturated rings. The molecule has 2 aromatic carbocycles. The van der Waals surface area contributed by atoms with E-state index in [0.29, 0.717) is 36.3 Å². The number of aromatic hydroxyl groups is 1. The van der Waals surface area contributed by atoms with Crippen molar-refractivity contribution in [2.45, 2.75) is 31.7 Å². The van der Waals surface area contributed by atoms with Crippen LogP contribution in [0.25, 0.3) is 0 Å². The monoisotopic (exact) mass is 446 g/mol. The second-order valence-electron chi connectivity index (χ2n) is 7.48. The normalized spacial score (nSPS) is 17.6. The molecule has 1 aliphatic heterocycles. The standard InChI is InChI=1S/C21H20F6N2O2/c1-12-2-3-13(7-18(12)30)6-17-11-28-4-5-29(17)19(31)14-8-15(20(22,23)24)10-16(9-14)21(25,26)27/h2-3,7-10,17,28,30H,4-6,11H2,1H3/t17-/m1/s1. The summed E-state index contributed by atoms with van der Waals surface area (Å²) in [6.07, 6.45) is -9.78. The van der Waals surface area contributed by atoms with Gasteiger partial charge in [-0.25, -0.2) is 0 Å². The molecule has 0 aromatic heterocycles. The van der Waals surface area contributed by atoms with Crippen LogP contribution >= 0.6 is 0 Å². The molecule has 0 radical (unpaired) electrons. The van der Waals surface area contributed by atoms with Gasteiger partial charge in [0.05, 0.1) is 11.1 Å². The summed E-state index contributed by atoms with van der Waals surface area (Å²) in [5.41, 5.74) is -2.38. The predicted molar refractivity (Wildman–Crippen MR) is 101 cm³/mol. The molecule has 0 unspecified atom stereocenters. The maximum Gasteiger partial charge on any atom is 0.416 e. The highest BCUT2D eigenvalue weighted by atomic mass is 19.4. The van der Waals surface area contributed by atoms with E-state index in [0.717, 1.165) is 0 Å². The third-order valence-electron chi connectivity index (χ3n) is 5.19. The largest absolute Gasteiger partial charge is 0.508 e. The number of rotatable bonds is 3. The number of halogens is 6. The molecular formula is C21H20F6N2O2. The van der Waals surface area contributed by atoms with Crippen LogP contribution in [0.3, 0.4) is 0 Å². The van der Waals surface area contributed by atoms with E-state index in [4.69, 9.17) is 0 Å². The first kappa shape index (κ1) is 22.9. The van der Waals surface area contributed by atoms with Gasteiger partial charge in [-0.3, -0.25) is 4.79 Å². The summed E-state index contributed by atoms with van der Waals surface area (Å²) in [5.74, 6) is -0.841. The molecule has 1 amide bonds. The molecule has 1 aliphatic rings. The van der Waals surface area contributed by atoms with Gasteiger partial charge < -0.3 is 15.3 Å². The molecule has 0 aliphatic carbocycles. The van der Waals surface area contributed by atoms with Crippen LogP contribution in [0, 0.1) is 6.92 Å². The Morgan fingerprint density at radius 1 is 1.06 bits per heavy atom. The number of hydrogen-bond donors (Lipinski definition) is 2. The number of phenols is 1. The number of alkyl halides is 6. The molecule has 10 heteroatoms. The fourth-order valence-electron chi connectivity index (χ4n) is 3.51. The SMILES string of the molecule is Cc1ccc(C[C@@H]2CNCCN2C(=O)c2cc(C(F)(F)F)cc(C(F)(F)F)c2)cc1O. The minimum absolute atomic E-state index is 0.00109. The minimum Gasteiger partial charge on any atom is -0.508 e. The van der Waals surface area contributed by atoms with Crippen LogP contribution in [0.2, 0.25) is 0 Å². The zero-order valence-corrected chi connectivity index (χ0v) is 16.4. The van der Waals surface area contributed by atoms with E-state index in [9.17, 15) is 36.2 Å². The summed E-state index contributed by atoms with van der Waals surface area (Å²) in [6, 6.07) is 5.36. The van der Waals surface area contributed by atoms with Crippen molar-refractivity contribution in [3.8, 4) is 5.75 Å². The number of amides is 1. The summed E-state index contributed by atoms with van der Waals surface area (Å²) in [5, 5.41) is 13.0. The zero-order valence-electron chi connectivity index (χ0n) is 16.4. The van der Waals surface area contributed by atoms with E-state index < -0.39 is 41.0 Å². The average Bonchev–Trinajstić information content (AvgIpc) is 2.69. The highest BCUT2D eigenvalue weighted by molar-refractivity contribution is 5.95. The van der Waals surface area contributed by atoms with E-state index in [-0.39, 0.29) is 24.8 Å². The number of benzene rings is 2. The van der Waals surface area contributed by atoms with Gasteiger partial charge in [-0.1, -0.05) is 12.1 Å². The van der Waals surface area contributed by atoms with Crippen molar-refractivity contribution in [2.24, 2.45) is 0 Å². The third kappa shape index (κ3) is 5.30. The van der Waals surface area contributed by atoms with Crippen molar-refractivity contribution in [1.29, 1.82) is 0 Å². The average molecular weight is 446 g/mol. The molecule has 0 saturated carbocycles. The number of carbonyl (C=O) groups excluding carboxylic acids is 1. The number of nitrogens with one attached hydrogen (secondary N) is 1.